The summed E-state index contributed by atoms with van der Waals surface area (Å²) in [5.41, 5.74) is 0.565. The van der Waals surface area contributed by atoms with Crippen molar-refractivity contribution in [2.24, 2.45) is 0 Å². The zero-order valence-corrected chi connectivity index (χ0v) is 15.2. The molecule has 1 aromatic carbocycles. The smallest absolute Gasteiger partial charge is 0.264 e. The third-order valence-corrected chi connectivity index (χ3v) is 5.61. The summed E-state index contributed by atoms with van der Waals surface area (Å²) in [7, 11) is 1.59. The van der Waals surface area contributed by atoms with Crippen LogP contribution in [0.25, 0.3) is 0 Å². The first kappa shape index (κ1) is 16.0. The number of nitrogens with zero attached hydrogens (tertiary/aromatic N) is 1. The molecule has 0 unspecified atom stereocenters. The van der Waals surface area contributed by atoms with Gasteiger partial charge in [0, 0.05) is 16.5 Å². The number of benzene rings is 1. The summed E-state index contributed by atoms with van der Waals surface area (Å²) in [5, 5.41) is 0. The molecule has 1 N–H and O–H groups in total. The lowest BCUT2D eigenvalue weighted by Crippen LogP contribution is -2.18. The van der Waals surface area contributed by atoms with Crippen molar-refractivity contribution in [2.45, 2.75) is 17.3 Å². The molecule has 0 amide bonds. The Morgan fingerprint density at radius 2 is 2.20 bits per heavy atom. The standard InChI is InChI=1S/C13H12BrIN2O2S/c1-19-6-9-12(15)13(18)17-11(16-9)7-20-10-5-3-2-4-8(10)14/h2-5H,6-7H2,1H3,(H,16,17,18). The van der Waals surface area contributed by atoms with E-state index in [9.17, 15) is 4.79 Å². The molecule has 20 heavy (non-hydrogen) atoms. The van der Waals surface area contributed by atoms with Crippen molar-refractivity contribution < 1.29 is 4.74 Å². The number of hydrogen-bond donors (Lipinski definition) is 1. The van der Waals surface area contributed by atoms with Gasteiger partial charge in [0.15, 0.2) is 0 Å². The molecule has 0 spiro atoms. The molecule has 1 heterocycles. The van der Waals surface area contributed by atoms with Crippen LogP contribution in [0.5, 0.6) is 0 Å². The van der Waals surface area contributed by atoms with E-state index in [1.54, 1.807) is 18.9 Å². The van der Waals surface area contributed by atoms with Crippen LogP contribution in [0.2, 0.25) is 0 Å². The van der Waals surface area contributed by atoms with Gasteiger partial charge in [0.2, 0.25) is 0 Å². The Morgan fingerprint density at radius 1 is 1.45 bits per heavy atom. The minimum Gasteiger partial charge on any atom is -0.378 e. The molecule has 0 bridgehead atoms. The van der Waals surface area contributed by atoms with E-state index >= 15 is 0 Å². The lowest BCUT2D eigenvalue weighted by atomic mass is 10.4. The van der Waals surface area contributed by atoms with Crippen molar-refractivity contribution >= 4 is 50.3 Å². The SMILES string of the molecule is COCc1nc(CSc2ccccc2Br)[nH]c(=O)c1I. The number of aromatic amines is 1. The van der Waals surface area contributed by atoms with Gasteiger partial charge in [-0.1, -0.05) is 12.1 Å². The van der Waals surface area contributed by atoms with Crippen LogP contribution in [0, 0.1) is 3.57 Å². The summed E-state index contributed by atoms with van der Waals surface area (Å²) >= 11 is 7.11. The predicted molar refractivity (Wildman–Crippen MR) is 92.0 cm³/mol. The van der Waals surface area contributed by atoms with E-state index in [0.717, 1.165) is 9.37 Å². The number of aromatic nitrogens is 2. The summed E-state index contributed by atoms with van der Waals surface area (Å²) < 4.78 is 6.69. The van der Waals surface area contributed by atoms with Crippen LogP contribution in [0.3, 0.4) is 0 Å². The van der Waals surface area contributed by atoms with Crippen molar-refractivity contribution in [2.75, 3.05) is 7.11 Å². The van der Waals surface area contributed by atoms with Gasteiger partial charge in [0.25, 0.3) is 5.56 Å². The zero-order valence-electron chi connectivity index (χ0n) is 10.7. The van der Waals surface area contributed by atoms with Gasteiger partial charge in [-0.3, -0.25) is 4.79 Å². The summed E-state index contributed by atoms with van der Waals surface area (Å²) in [6, 6.07) is 7.96. The predicted octanol–water partition coefficient (Wildman–Crippen LogP) is 3.58. The van der Waals surface area contributed by atoms with E-state index in [1.807, 2.05) is 46.9 Å². The largest absolute Gasteiger partial charge is 0.378 e. The molecule has 0 saturated carbocycles. The minimum atomic E-state index is -0.115. The van der Waals surface area contributed by atoms with E-state index in [4.69, 9.17) is 4.74 Å². The molecule has 0 atom stereocenters. The van der Waals surface area contributed by atoms with Crippen molar-refractivity contribution in [3.05, 3.63) is 54.2 Å². The third-order valence-electron chi connectivity index (χ3n) is 2.46. The van der Waals surface area contributed by atoms with Crippen LogP contribution in [0.1, 0.15) is 11.5 Å². The number of ether oxygens (including phenoxy) is 1. The van der Waals surface area contributed by atoms with Crippen molar-refractivity contribution in [1.29, 1.82) is 0 Å². The number of H-pyrrole nitrogens is 1. The first-order chi connectivity index (χ1) is 9.61. The molecule has 0 aliphatic rings. The Hall–Kier alpha value is -0.380. The highest BCUT2D eigenvalue weighted by molar-refractivity contribution is 14.1. The van der Waals surface area contributed by atoms with Gasteiger partial charge >= 0.3 is 0 Å². The van der Waals surface area contributed by atoms with Gasteiger partial charge < -0.3 is 9.72 Å². The molecule has 1 aromatic heterocycles. The Balaban J connectivity index is 2.18. The molecule has 4 nitrogen and oxygen atoms in total. The molecule has 2 rings (SSSR count). The van der Waals surface area contributed by atoms with Gasteiger partial charge in [-0.15, -0.1) is 11.8 Å². The second-order valence-electron chi connectivity index (χ2n) is 3.93. The summed E-state index contributed by atoms with van der Waals surface area (Å²) in [5.74, 6) is 1.26. The Bertz CT molecular complexity index is 663. The summed E-state index contributed by atoms with van der Waals surface area (Å²) in [6.07, 6.45) is 0. The van der Waals surface area contributed by atoms with Gasteiger partial charge in [-0.25, -0.2) is 4.98 Å². The van der Waals surface area contributed by atoms with Crippen LogP contribution in [0.4, 0.5) is 0 Å². The molecule has 0 fully saturated rings. The molecular formula is C13H12BrIN2O2S. The number of methoxy groups -OCH3 is 1. The summed E-state index contributed by atoms with van der Waals surface area (Å²) in [6.45, 7) is 0.342. The molecular weight excluding hydrogens is 455 g/mol. The number of thioether (sulfide) groups is 1. The minimum absolute atomic E-state index is 0.115. The highest BCUT2D eigenvalue weighted by atomic mass is 127. The molecule has 0 radical (unpaired) electrons. The molecule has 0 aliphatic heterocycles. The Labute approximate surface area is 143 Å². The van der Waals surface area contributed by atoms with Crippen molar-refractivity contribution in [3.8, 4) is 0 Å². The Morgan fingerprint density at radius 3 is 2.90 bits per heavy atom. The highest BCUT2D eigenvalue weighted by Crippen LogP contribution is 2.28. The molecule has 0 saturated heterocycles. The average Bonchev–Trinajstić information content (AvgIpc) is 2.43. The van der Waals surface area contributed by atoms with Crippen LogP contribution in [-0.4, -0.2) is 17.1 Å². The second-order valence-corrected chi connectivity index (χ2v) is 6.88. The monoisotopic (exact) mass is 466 g/mol. The van der Waals surface area contributed by atoms with E-state index in [1.165, 1.54) is 0 Å². The highest BCUT2D eigenvalue weighted by Gasteiger charge is 2.09. The number of rotatable bonds is 5. The van der Waals surface area contributed by atoms with Crippen LogP contribution < -0.4 is 5.56 Å². The lowest BCUT2D eigenvalue weighted by Gasteiger charge is -2.07. The van der Waals surface area contributed by atoms with Crippen molar-refractivity contribution in [1.82, 2.24) is 9.97 Å². The molecule has 0 aliphatic carbocycles. The van der Waals surface area contributed by atoms with E-state index in [-0.39, 0.29) is 5.56 Å². The summed E-state index contributed by atoms with van der Waals surface area (Å²) in [4.78, 5) is 20.2. The van der Waals surface area contributed by atoms with Crippen molar-refractivity contribution in [3.63, 3.8) is 0 Å². The fraction of sp³-hybridized carbons (Fsp3) is 0.231. The number of halogens is 2. The average molecular weight is 467 g/mol. The van der Waals surface area contributed by atoms with Gasteiger partial charge in [0.05, 0.1) is 18.1 Å². The van der Waals surface area contributed by atoms with Crippen LogP contribution >= 0.6 is 50.3 Å². The van der Waals surface area contributed by atoms with E-state index in [0.29, 0.717) is 27.4 Å². The van der Waals surface area contributed by atoms with E-state index < -0.39 is 0 Å². The molecule has 2 aromatic rings. The zero-order chi connectivity index (χ0) is 14.5. The number of nitrogens with one attached hydrogen (secondary N) is 1. The molecule has 7 heteroatoms. The van der Waals surface area contributed by atoms with E-state index in [2.05, 4.69) is 25.9 Å². The van der Waals surface area contributed by atoms with Gasteiger partial charge in [-0.2, -0.15) is 0 Å². The maximum atomic E-state index is 11.8. The topological polar surface area (TPSA) is 55.0 Å². The van der Waals surface area contributed by atoms with Gasteiger partial charge in [-0.05, 0) is 50.7 Å². The van der Waals surface area contributed by atoms with Gasteiger partial charge in [0.1, 0.15) is 9.39 Å². The second kappa shape index (κ2) is 7.58. The normalized spacial score (nSPS) is 10.8. The van der Waals surface area contributed by atoms with Crippen LogP contribution in [0.15, 0.2) is 38.4 Å². The van der Waals surface area contributed by atoms with Crippen LogP contribution in [-0.2, 0) is 17.1 Å². The molecule has 106 valence electrons. The maximum absolute atomic E-state index is 11.8. The Kier molecular flexibility index (Phi) is 6.06. The fourth-order valence-electron chi connectivity index (χ4n) is 1.57. The fourth-order valence-corrected chi connectivity index (χ4v) is 3.41. The first-order valence-corrected chi connectivity index (χ1v) is 8.61. The third kappa shape index (κ3) is 4.06. The maximum Gasteiger partial charge on any atom is 0.264 e. The quantitative estimate of drug-likeness (QED) is 0.540. The number of hydrogen-bond acceptors (Lipinski definition) is 4. The first-order valence-electron chi connectivity index (χ1n) is 5.75. The lowest BCUT2D eigenvalue weighted by molar-refractivity contribution is 0.180.